The molecule has 1 amide bonds. The highest BCUT2D eigenvalue weighted by atomic mass is 79.9. The first kappa shape index (κ1) is 17.5. The first-order valence-corrected chi connectivity index (χ1v) is 8.07. The van der Waals surface area contributed by atoms with Crippen molar-refractivity contribution in [2.75, 3.05) is 5.32 Å². The molecule has 0 aliphatic heterocycles. The highest BCUT2D eigenvalue weighted by molar-refractivity contribution is 9.10. The maximum absolute atomic E-state index is 13.8. The number of rotatable bonds is 4. The molecular weight excluding hydrogens is 361 g/mol. The van der Waals surface area contributed by atoms with E-state index in [0.29, 0.717) is 10.2 Å². The molecule has 0 aliphatic rings. The fraction of sp³-hybridized carbons (Fsp3) is 0.278. The number of nitrogens with one attached hydrogen (secondary N) is 1. The molecule has 2 aromatic carbocycles. The molecular formula is C18H19BrFNO2. The van der Waals surface area contributed by atoms with Gasteiger partial charge in [-0.3, -0.25) is 4.79 Å². The average Bonchev–Trinajstić information content (AvgIpc) is 2.47. The van der Waals surface area contributed by atoms with Crippen LogP contribution in [0.15, 0.2) is 34.8 Å². The summed E-state index contributed by atoms with van der Waals surface area (Å²) in [5, 5.41) is 2.55. The van der Waals surface area contributed by atoms with E-state index in [9.17, 15) is 9.18 Å². The molecule has 0 fully saturated rings. The molecule has 0 aliphatic carbocycles. The van der Waals surface area contributed by atoms with E-state index in [1.165, 1.54) is 12.1 Å². The third-order valence-corrected chi connectivity index (χ3v) is 4.12. The summed E-state index contributed by atoms with van der Waals surface area (Å²) in [5.74, 6) is -0.228. The minimum absolute atomic E-state index is 0.130. The van der Waals surface area contributed by atoms with E-state index in [2.05, 4.69) is 27.3 Å². The number of amides is 1. The van der Waals surface area contributed by atoms with Crippen LogP contribution in [0.2, 0.25) is 0 Å². The number of hydrogen-bond donors (Lipinski definition) is 1. The largest absolute Gasteiger partial charge is 0.481 e. The van der Waals surface area contributed by atoms with Crippen molar-refractivity contribution in [3.8, 4) is 5.75 Å². The number of halogens is 2. The van der Waals surface area contributed by atoms with Gasteiger partial charge >= 0.3 is 0 Å². The van der Waals surface area contributed by atoms with E-state index >= 15 is 0 Å². The molecule has 0 spiro atoms. The van der Waals surface area contributed by atoms with Crippen molar-refractivity contribution in [2.24, 2.45) is 0 Å². The van der Waals surface area contributed by atoms with Crippen LogP contribution in [0.25, 0.3) is 0 Å². The number of carbonyl (C=O) groups is 1. The Morgan fingerprint density at radius 1 is 1.22 bits per heavy atom. The zero-order valence-electron chi connectivity index (χ0n) is 13.5. The smallest absolute Gasteiger partial charge is 0.265 e. The average molecular weight is 380 g/mol. The molecule has 0 bridgehead atoms. The lowest BCUT2D eigenvalue weighted by atomic mass is 10.1. The van der Waals surface area contributed by atoms with Gasteiger partial charge in [-0.1, -0.05) is 22.0 Å². The zero-order chi connectivity index (χ0) is 17.1. The second kappa shape index (κ2) is 7.13. The summed E-state index contributed by atoms with van der Waals surface area (Å²) in [5.41, 5.74) is 3.29. The highest BCUT2D eigenvalue weighted by Crippen LogP contribution is 2.25. The van der Waals surface area contributed by atoms with Crippen LogP contribution >= 0.6 is 15.9 Å². The van der Waals surface area contributed by atoms with Gasteiger partial charge in [-0.05, 0) is 68.7 Å². The summed E-state index contributed by atoms with van der Waals surface area (Å²) in [7, 11) is 0. The van der Waals surface area contributed by atoms with Gasteiger partial charge in [0.2, 0.25) is 0 Å². The lowest BCUT2D eigenvalue weighted by molar-refractivity contribution is -0.122. The monoisotopic (exact) mass is 379 g/mol. The molecule has 0 unspecified atom stereocenters. The second-order valence-electron chi connectivity index (χ2n) is 5.58. The maximum Gasteiger partial charge on any atom is 0.265 e. The van der Waals surface area contributed by atoms with Gasteiger partial charge in [-0.25, -0.2) is 4.39 Å². The van der Waals surface area contributed by atoms with Crippen molar-refractivity contribution in [1.29, 1.82) is 0 Å². The number of anilines is 1. The quantitative estimate of drug-likeness (QED) is 0.818. The molecule has 3 nitrogen and oxygen atoms in total. The highest BCUT2D eigenvalue weighted by Gasteiger charge is 2.18. The molecule has 2 rings (SSSR count). The van der Waals surface area contributed by atoms with E-state index in [-0.39, 0.29) is 5.69 Å². The van der Waals surface area contributed by atoms with Gasteiger partial charge in [0.05, 0.1) is 5.69 Å². The van der Waals surface area contributed by atoms with Crippen LogP contribution in [-0.2, 0) is 4.79 Å². The topological polar surface area (TPSA) is 38.3 Å². The van der Waals surface area contributed by atoms with Crippen LogP contribution in [0.4, 0.5) is 10.1 Å². The standard InChI is InChI=1S/C18H19BrFNO2/c1-10-7-11(2)12(3)17(8-10)23-13(4)18(22)21-16-6-5-14(19)9-15(16)20/h5-9,13H,1-4H3,(H,21,22)/t13-/m1/s1. The lowest BCUT2D eigenvalue weighted by Crippen LogP contribution is -2.30. The summed E-state index contributed by atoms with van der Waals surface area (Å²) in [6.45, 7) is 7.56. The fourth-order valence-electron chi connectivity index (χ4n) is 2.19. The maximum atomic E-state index is 13.8. The Balaban J connectivity index is 2.11. The van der Waals surface area contributed by atoms with Crippen LogP contribution in [0.1, 0.15) is 23.6 Å². The van der Waals surface area contributed by atoms with Crippen molar-refractivity contribution >= 4 is 27.5 Å². The minimum atomic E-state index is -0.738. The normalized spacial score (nSPS) is 11.9. The molecule has 5 heteroatoms. The predicted octanol–water partition coefficient (Wildman–Crippen LogP) is 4.92. The summed E-state index contributed by atoms with van der Waals surface area (Å²) in [6.07, 6.45) is -0.738. The Kier molecular flexibility index (Phi) is 5.42. The third-order valence-electron chi connectivity index (χ3n) is 3.63. The summed E-state index contributed by atoms with van der Waals surface area (Å²) < 4.78 is 20.2. The number of carbonyl (C=O) groups excluding carboxylic acids is 1. The van der Waals surface area contributed by atoms with Crippen molar-refractivity contribution in [1.82, 2.24) is 0 Å². The molecule has 0 radical (unpaired) electrons. The van der Waals surface area contributed by atoms with E-state index in [4.69, 9.17) is 4.74 Å². The Hall–Kier alpha value is -1.88. The molecule has 122 valence electrons. The first-order valence-electron chi connectivity index (χ1n) is 7.28. The van der Waals surface area contributed by atoms with Gasteiger partial charge in [-0.15, -0.1) is 0 Å². The zero-order valence-corrected chi connectivity index (χ0v) is 15.1. The predicted molar refractivity (Wildman–Crippen MR) is 93.5 cm³/mol. The summed E-state index contributed by atoms with van der Waals surface area (Å²) in [4.78, 5) is 12.2. The molecule has 23 heavy (non-hydrogen) atoms. The van der Waals surface area contributed by atoms with Crippen LogP contribution in [0, 0.1) is 26.6 Å². The second-order valence-corrected chi connectivity index (χ2v) is 6.49. The molecule has 0 saturated heterocycles. The van der Waals surface area contributed by atoms with Crippen LogP contribution in [-0.4, -0.2) is 12.0 Å². The van der Waals surface area contributed by atoms with Crippen molar-refractivity contribution in [2.45, 2.75) is 33.8 Å². The van der Waals surface area contributed by atoms with Crippen molar-refractivity contribution < 1.29 is 13.9 Å². The van der Waals surface area contributed by atoms with E-state index < -0.39 is 17.8 Å². The molecule has 0 saturated carbocycles. The van der Waals surface area contributed by atoms with E-state index in [1.807, 2.05) is 26.8 Å². The number of ether oxygens (including phenoxy) is 1. The molecule has 2 aromatic rings. The minimum Gasteiger partial charge on any atom is -0.481 e. The number of hydrogen-bond acceptors (Lipinski definition) is 2. The van der Waals surface area contributed by atoms with Gasteiger partial charge in [0.1, 0.15) is 11.6 Å². The van der Waals surface area contributed by atoms with Gasteiger partial charge in [-0.2, -0.15) is 0 Å². The van der Waals surface area contributed by atoms with Crippen LogP contribution < -0.4 is 10.1 Å². The number of benzene rings is 2. The molecule has 0 aromatic heterocycles. The van der Waals surface area contributed by atoms with Gasteiger partial charge in [0.15, 0.2) is 6.10 Å². The Labute approximate surface area is 144 Å². The molecule has 1 N–H and O–H groups in total. The van der Waals surface area contributed by atoms with E-state index in [1.54, 1.807) is 13.0 Å². The van der Waals surface area contributed by atoms with Gasteiger partial charge in [0, 0.05) is 4.47 Å². The Morgan fingerprint density at radius 2 is 1.91 bits per heavy atom. The molecule has 1 atom stereocenters. The fourth-order valence-corrected chi connectivity index (χ4v) is 2.53. The Morgan fingerprint density at radius 3 is 2.57 bits per heavy atom. The third kappa shape index (κ3) is 4.32. The van der Waals surface area contributed by atoms with Gasteiger partial charge in [0.25, 0.3) is 5.91 Å². The van der Waals surface area contributed by atoms with Crippen LogP contribution in [0.5, 0.6) is 5.75 Å². The van der Waals surface area contributed by atoms with Gasteiger partial charge < -0.3 is 10.1 Å². The van der Waals surface area contributed by atoms with Crippen molar-refractivity contribution in [3.05, 3.63) is 57.3 Å². The summed E-state index contributed by atoms with van der Waals surface area (Å²) >= 11 is 3.18. The van der Waals surface area contributed by atoms with Crippen molar-refractivity contribution in [3.63, 3.8) is 0 Å². The summed E-state index contributed by atoms with van der Waals surface area (Å²) in [6, 6.07) is 8.43. The van der Waals surface area contributed by atoms with E-state index in [0.717, 1.165) is 16.7 Å². The Bertz CT molecular complexity index is 746. The molecule has 0 heterocycles. The first-order chi connectivity index (χ1) is 10.8. The lowest BCUT2D eigenvalue weighted by Gasteiger charge is -2.18. The SMILES string of the molecule is Cc1cc(C)c(C)c(O[C@H](C)C(=O)Nc2ccc(Br)cc2F)c1. The van der Waals surface area contributed by atoms with Crippen LogP contribution in [0.3, 0.4) is 0 Å². The number of aryl methyl sites for hydroxylation is 2.